The highest BCUT2D eigenvalue weighted by Crippen LogP contribution is 2.31. The highest BCUT2D eigenvalue weighted by Gasteiger charge is 2.27. The summed E-state index contributed by atoms with van der Waals surface area (Å²) in [6, 6.07) is 3.37. The van der Waals surface area contributed by atoms with Gasteiger partial charge < -0.3 is 15.0 Å². The number of alkyl carbamates (subject to hydrolysis) is 1. The van der Waals surface area contributed by atoms with Crippen molar-refractivity contribution in [3.63, 3.8) is 0 Å². The van der Waals surface area contributed by atoms with Crippen LogP contribution in [0.15, 0.2) is 18.2 Å². The number of anilines is 1. The fourth-order valence-corrected chi connectivity index (χ4v) is 2.64. The Hall–Kier alpha value is -2.38. The van der Waals surface area contributed by atoms with E-state index in [1.807, 2.05) is 0 Å². The first-order valence-electron chi connectivity index (χ1n) is 7.84. The molecule has 1 amide bonds. The first-order chi connectivity index (χ1) is 11.2. The molecule has 1 aliphatic heterocycles. The van der Waals surface area contributed by atoms with E-state index < -0.39 is 22.4 Å². The zero-order chi connectivity index (χ0) is 17.9. The van der Waals surface area contributed by atoms with Gasteiger partial charge in [0.15, 0.2) is 0 Å². The van der Waals surface area contributed by atoms with Gasteiger partial charge in [0.2, 0.25) is 0 Å². The molecule has 7 nitrogen and oxygen atoms in total. The number of halogens is 1. The summed E-state index contributed by atoms with van der Waals surface area (Å²) < 4.78 is 18.7. The van der Waals surface area contributed by atoms with Crippen LogP contribution in [0.2, 0.25) is 0 Å². The predicted molar refractivity (Wildman–Crippen MR) is 87.7 cm³/mol. The lowest BCUT2D eigenvalue weighted by atomic mass is 10.0. The minimum atomic E-state index is -0.563. The van der Waals surface area contributed by atoms with Crippen LogP contribution in [0, 0.1) is 15.9 Å². The van der Waals surface area contributed by atoms with Crippen LogP contribution in [-0.2, 0) is 4.74 Å². The van der Waals surface area contributed by atoms with Crippen molar-refractivity contribution >= 4 is 17.5 Å². The molecule has 1 N–H and O–H groups in total. The van der Waals surface area contributed by atoms with Crippen molar-refractivity contribution in [2.75, 3.05) is 18.0 Å². The van der Waals surface area contributed by atoms with E-state index >= 15 is 0 Å². The van der Waals surface area contributed by atoms with Gasteiger partial charge in [0.1, 0.15) is 17.1 Å². The summed E-state index contributed by atoms with van der Waals surface area (Å²) in [5.74, 6) is -0.510. The number of hydrogen-bond donors (Lipinski definition) is 1. The summed E-state index contributed by atoms with van der Waals surface area (Å²) in [6.07, 6.45) is 0.734. The van der Waals surface area contributed by atoms with E-state index in [4.69, 9.17) is 4.74 Å². The fraction of sp³-hybridized carbons (Fsp3) is 0.562. The van der Waals surface area contributed by atoms with Crippen LogP contribution in [0.5, 0.6) is 0 Å². The number of hydrogen-bond acceptors (Lipinski definition) is 5. The lowest BCUT2D eigenvalue weighted by Crippen LogP contribution is -2.46. The molecule has 0 aromatic heterocycles. The van der Waals surface area contributed by atoms with Crippen LogP contribution in [0.1, 0.15) is 33.6 Å². The maximum Gasteiger partial charge on any atom is 0.407 e. The highest BCUT2D eigenvalue weighted by molar-refractivity contribution is 5.68. The number of nitrogens with zero attached hydrogens (tertiary/aromatic N) is 2. The van der Waals surface area contributed by atoms with Crippen molar-refractivity contribution in [2.24, 2.45) is 0 Å². The van der Waals surface area contributed by atoms with Gasteiger partial charge in [-0.3, -0.25) is 10.1 Å². The Morgan fingerprint density at radius 2 is 2.00 bits per heavy atom. The second kappa shape index (κ2) is 7.02. The van der Waals surface area contributed by atoms with Crippen LogP contribution >= 0.6 is 0 Å². The third-order valence-electron chi connectivity index (χ3n) is 3.69. The van der Waals surface area contributed by atoms with Crippen LogP contribution < -0.4 is 10.2 Å². The molecule has 8 heteroatoms. The van der Waals surface area contributed by atoms with Crippen LogP contribution in [-0.4, -0.2) is 35.7 Å². The first kappa shape index (κ1) is 18.0. The SMILES string of the molecule is CC(C)(C)OC(=O)NC1CCN(c2cc(F)ccc2[N+](=O)[O-])CC1. The molecular weight excluding hydrogens is 317 g/mol. The molecule has 0 unspecified atom stereocenters. The summed E-state index contributed by atoms with van der Waals surface area (Å²) in [7, 11) is 0. The Balaban J connectivity index is 1.97. The molecule has 2 rings (SSSR count). The van der Waals surface area contributed by atoms with Crippen LogP contribution in [0.4, 0.5) is 20.6 Å². The van der Waals surface area contributed by atoms with Crippen molar-refractivity contribution in [2.45, 2.75) is 45.3 Å². The zero-order valence-electron chi connectivity index (χ0n) is 14.0. The number of amides is 1. The topological polar surface area (TPSA) is 84.7 Å². The maximum atomic E-state index is 13.4. The van der Waals surface area contributed by atoms with Gasteiger partial charge in [-0.25, -0.2) is 9.18 Å². The van der Waals surface area contributed by atoms with Gasteiger partial charge in [-0.05, 0) is 39.7 Å². The largest absolute Gasteiger partial charge is 0.444 e. The third-order valence-corrected chi connectivity index (χ3v) is 3.69. The van der Waals surface area contributed by atoms with Gasteiger partial charge in [0.05, 0.1) is 4.92 Å². The summed E-state index contributed by atoms with van der Waals surface area (Å²) in [6.45, 7) is 6.35. The highest BCUT2D eigenvalue weighted by atomic mass is 19.1. The average Bonchev–Trinajstić information content (AvgIpc) is 2.45. The molecule has 0 atom stereocenters. The zero-order valence-corrected chi connectivity index (χ0v) is 14.0. The number of rotatable bonds is 3. The molecule has 132 valence electrons. The lowest BCUT2D eigenvalue weighted by molar-refractivity contribution is -0.384. The van der Waals surface area contributed by atoms with Crippen molar-refractivity contribution in [1.29, 1.82) is 0 Å². The monoisotopic (exact) mass is 339 g/mol. The molecule has 0 bridgehead atoms. The quantitative estimate of drug-likeness (QED) is 0.675. The Morgan fingerprint density at radius 3 is 2.54 bits per heavy atom. The van der Waals surface area contributed by atoms with Gasteiger partial charge in [0.25, 0.3) is 5.69 Å². The number of carbonyl (C=O) groups excluding carboxylic acids is 1. The van der Waals surface area contributed by atoms with E-state index in [1.165, 1.54) is 12.1 Å². The number of ether oxygens (including phenoxy) is 1. The van der Waals surface area contributed by atoms with Gasteiger partial charge in [-0.1, -0.05) is 0 Å². The van der Waals surface area contributed by atoms with Gasteiger partial charge >= 0.3 is 6.09 Å². The van der Waals surface area contributed by atoms with Gasteiger partial charge in [-0.15, -0.1) is 0 Å². The Morgan fingerprint density at radius 1 is 1.38 bits per heavy atom. The van der Waals surface area contributed by atoms with E-state index in [-0.39, 0.29) is 17.4 Å². The predicted octanol–water partition coefficient (Wildman–Crippen LogP) is 3.23. The normalized spacial score (nSPS) is 15.9. The minimum absolute atomic E-state index is 0.0660. The molecule has 0 aliphatic carbocycles. The summed E-state index contributed by atoms with van der Waals surface area (Å²) >= 11 is 0. The molecule has 1 heterocycles. The van der Waals surface area contributed by atoms with E-state index in [2.05, 4.69) is 5.32 Å². The summed E-state index contributed by atoms with van der Waals surface area (Å²) in [4.78, 5) is 24.1. The lowest BCUT2D eigenvalue weighted by Gasteiger charge is -2.34. The number of piperidine rings is 1. The number of nitro benzene ring substituents is 1. The molecule has 1 aromatic rings. The summed E-state index contributed by atoms with van der Waals surface area (Å²) in [5.41, 5.74) is -0.405. The molecule has 0 spiro atoms. The number of nitro groups is 1. The second-order valence-corrected chi connectivity index (χ2v) is 6.80. The fourth-order valence-electron chi connectivity index (χ4n) is 2.64. The van der Waals surface area contributed by atoms with Crippen LogP contribution in [0.25, 0.3) is 0 Å². The minimum Gasteiger partial charge on any atom is -0.444 e. The van der Waals surface area contributed by atoms with Gasteiger partial charge in [0, 0.05) is 31.3 Å². The van der Waals surface area contributed by atoms with E-state index in [9.17, 15) is 19.3 Å². The Kier molecular flexibility index (Phi) is 5.26. The number of benzene rings is 1. The molecular formula is C16H22FN3O4. The molecule has 24 heavy (non-hydrogen) atoms. The maximum absolute atomic E-state index is 13.4. The molecule has 0 radical (unpaired) electrons. The summed E-state index contributed by atoms with van der Waals surface area (Å²) in [5, 5.41) is 13.9. The molecule has 1 saturated heterocycles. The average molecular weight is 339 g/mol. The van der Waals surface area contributed by atoms with Crippen molar-refractivity contribution in [1.82, 2.24) is 5.32 Å². The van der Waals surface area contributed by atoms with E-state index in [1.54, 1.807) is 25.7 Å². The number of nitrogens with one attached hydrogen (secondary N) is 1. The smallest absolute Gasteiger partial charge is 0.407 e. The van der Waals surface area contributed by atoms with E-state index in [0.29, 0.717) is 25.9 Å². The molecule has 1 fully saturated rings. The molecule has 1 aromatic carbocycles. The first-order valence-corrected chi connectivity index (χ1v) is 7.84. The van der Waals surface area contributed by atoms with Crippen molar-refractivity contribution < 1.29 is 18.8 Å². The standard InChI is InChI=1S/C16H22FN3O4/c1-16(2,3)24-15(21)18-12-6-8-19(9-7-12)14-10-11(17)4-5-13(14)20(22)23/h4-5,10,12H,6-9H2,1-3H3,(H,18,21). The van der Waals surface area contributed by atoms with Crippen molar-refractivity contribution in [3.8, 4) is 0 Å². The van der Waals surface area contributed by atoms with Gasteiger partial charge in [-0.2, -0.15) is 0 Å². The molecule has 1 aliphatic rings. The third kappa shape index (κ3) is 4.81. The second-order valence-electron chi connectivity index (χ2n) is 6.80. The molecule has 0 saturated carbocycles. The van der Waals surface area contributed by atoms with Crippen LogP contribution in [0.3, 0.4) is 0 Å². The Labute approximate surface area is 139 Å². The Bertz CT molecular complexity index is 622. The number of carbonyl (C=O) groups is 1. The van der Waals surface area contributed by atoms with E-state index in [0.717, 1.165) is 6.07 Å². The van der Waals surface area contributed by atoms with Crippen molar-refractivity contribution in [3.05, 3.63) is 34.1 Å².